The normalized spacial score (nSPS) is 14.3. The number of imide groups is 1. The molecule has 0 bridgehead atoms. The Kier molecular flexibility index (Phi) is 4.11. The minimum absolute atomic E-state index is 0.0933. The average molecular weight is 348 g/mol. The number of fused-ring (bicyclic) bond motifs is 1. The van der Waals surface area contributed by atoms with Crippen LogP contribution in [0.3, 0.4) is 0 Å². The van der Waals surface area contributed by atoms with Crippen LogP contribution in [0.4, 0.5) is 5.13 Å². The summed E-state index contributed by atoms with van der Waals surface area (Å²) >= 11 is 2.74. The van der Waals surface area contributed by atoms with Gasteiger partial charge in [0, 0.05) is 5.54 Å². The van der Waals surface area contributed by atoms with Crippen LogP contribution in [0.25, 0.3) is 0 Å². The molecule has 2 aromatic rings. The van der Waals surface area contributed by atoms with Gasteiger partial charge in [0.2, 0.25) is 5.13 Å². The lowest BCUT2D eigenvalue weighted by Gasteiger charge is -2.18. The Labute approximate surface area is 142 Å². The predicted molar refractivity (Wildman–Crippen MR) is 91.0 cm³/mol. The highest BCUT2D eigenvalue weighted by Crippen LogP contribution is 2.30. The van der Waals surface area contributed by atoms with Crippen LogP contribution in [0.15, 0.2) is 28.6 Å². The van der Waals surface area contributed by atoms with Gasteiger partial charge in [0.15, 0.2) is 4.34 Å². The highest BCUT2D eigenvalue weighted by molar-refractivity contribution is 8.01. The summed E-state index contributed by atoms with van der Waals surface area (Å²) in [5, 5.41) is 12.1. The van der Waals surface area contributed by atoms with Crippen molar-refractivity contribution >= 4 is 40.0 Å². The highest BCUT2D eigenvalue weighted by atomic mass is 32.2. The van der Waals surface area contributed by atoms with Crippen molar-refractivity contribution in [3.63, 3.8) is 0 Å². The van der Waals surface area contributed by atoms with Gasteiger partial charge in [-0.3, -0.25) is 14.5 Å². The van der Waals surface area contributed by atoms with Gasteiger partial charge in [0.1, 0.15) is 0 Å². The first-order valence-electron chi connectivity index (χ1n) is 7.05. The molecule has 1 aliphatic rings. The number of hydrogen-bond acceptors (Lipinski definition) is 7. The summed E-state index contributed by atoms with van der Waals surface area (Å²) in [4.78, 5) is 25.8. The number of carbonyl (C=O) groups is 2. The van der Waals surface area contributed by atoms with E-state index in [1.54, 1.807) is 24.3 Å². The fraction of sp³-hybridized carbons (Fsp3) is 0.333. The van der Waals surface area contributed by atoms with Crippen LogP contribution in [0, 0.1) is 0 Å². The fourth-order valence-corrected chi connectivity index (χ4v) is 4.00. The van der Waals surface area contributed by atoms with Crippen LogP contribution < -0.4 is 5.32 Å². The van der Waals surface area contributed by atoms with Crippen LogP contribution in [0.5, 0.6) is 0 Å². The summed E-state index contributed by atoms with van der Waals surface area (Å²) in [7, 11) is 0. The topological polar surface area (TPSA) is 75.2 Å². The molecule has 120 valence electrons. The van der Waals surface area contributed by atoms with Crippen molar-refractivity contribution in [1.82, 2.24) is 15.1 Å². The summed E-state index contributed by atoms with van der Waals surface area (Å²) in [5.41, 5.74) is 0.834. The van der Waals surface area contributed by atoms with Crippen molar-refractivity contribution in [2.45, 2.75) is 30.6 Å². The van der Waals surface area contributed by atoms with Crippen molar-refractivity contribution in [3.05, 3.63) is 35.4 Å². The molecule has 2 amide bonds. The Bertz CT molecular complexity index is 732. The van der Waals surface area contributed by atoms with E-state index in [1.807, 2.05) is 20.8 Å². The second-order valence-corrected chi connectivity index (χ2v) is 8.27. The van der Waals surface area contributed by atoms with Gasteiger partial charge >= 0.3 is 0 Å². The van der Waals surface area contributed by atoms with Gasteiger partial charge in [-0.05, 0) is 32.9 Å². The number of carbonyl (C=O) groups excluding carboxylic acids is 2. The van der Waals surface area contributed by atoms with Crippen molar-refractivity contribution in [2.75, 3.05) is 11.2 Å². The molecule has 0 saturated carbocycles. The lowest BCUT2D eigenvalue weighted by atomic mass is 10.1. The van der Waals surface area contributed by atoms with E-state index in [1.165, 1.54) is 28.0 Å². The maximum absolute atomic E-state index is 12.3. The zero-order valence-corrected chi connectivity index (χ0v) is 14.6. The van der Waals surface area contributed by atoms with Gasteiger partial charge in [-0.15, -0.1) is 10.2 Å². The largest absolute Gasteiger partial charge is 0.355 e. The Morgan fingerprint density at radius 2 is 1.74 bits per heavy atom. The van der Waals surface area contributed by atoms with Crippen molar-refractivity contribution in [1.29, 1.82) is 0 Å². The smallest absolute Gasteiger partial charge is 0.262 e. The van der Waals surface area contributed by atoms with E-state index in [0.717, 1.165) is 5.13 Å². The van der Waals surface area contributed by atoms with Gasteiger partial charge in [-0.25, -0.2) is 0 Å². The third-order valence-electron chi connectivity index (χ3n) is 3.08. The van der Waals surface area contributed by atoms with Gasteiger partial charge < -0.3 is 5.32 Å². The Morgan fingerprint density at radius 1 is 1.13 bits per heavy atom. The van der Waals surface area contributed by atoms with Gasteiger partial charge in [-0.1, -0.05) is 35.2 Å². The third-order valence-corrected chi connectivity index (χ3v) is 5.04. The molecule has 0 unspecified atom stereocenters. The van der Waals surface area contributed by atoms with Gasteiger partial charge in [-0.2, -0.15) is 0 Å². The van der Waals surface area contributed by atoms with E-state index in [0.29, 0.717) is 15.5 Å². The standard InChI is InChI=1S/C15H16N4O2S2/c1-15(2,3)16-13-17-18-14(23-13)22-8-19-11(20)9-6-4-5-7-10(9)12(19)21/h4-7H,8H2,1-3H3,(H,16,17). The van der Waals surface area contributed by atoms with E-state index in [2.05, 4.69) is 15.5 Å². The lowest BCUT2D eigenvalue weighted by molar-refractivity contribution is 0.0684. The SMILES string of the molecule is CC(C)(C)Nc1nnc(SCN2C(=O)c3ccccc3C2=O)s1. The molecule has 1 aromatic carbocycles. The first kappa shape index (κ1) is 15.9. The van der Waals surface area contributed by atoms with E-state index in [-0.39, 0.29) is 23.2 Å². The Morgan fingerprint density at radius 3 is 2.30 bits per heavy atom. The minimum Gasteiger partial charge on any atom is -0.355 e. The number of nitrogens with one attached hydrogen (secondary N) is 1. The first-order chi connectivity index (χ1) is 10.8. The molecule has 1 N–H and O–H groups in total. The molecular weight excluding hydrogens is 332 g/mol. The summed E-state index contributed by atoms with van der Waals surface area (Å²) in [6.45, 7) is 6.13. The number of nitrogens with zero attached hydrogens (tertiary/aromatic N) is 3. The van der Waals surface area contributed by atoms with Crippen LogP contribution in [0.1, 0.15) is 41.5 Å². The fourth-order valence-electron chi connectivity index (χ4n) is 2.12. The molecule has 0 radical (unpaired) electrons. The molecule has 0 aliphatic carbocycles. The first-order valence-corrected chi connectivity index (χ1v) is 8.85. The number of aromatic nitrogens is 2. The second kappa shape index (κ2) is 5.93. The molecule has 1 aromatic heterocycles. The minimum atomic E-state index is -0.254. The lowest BCUT2D eigenvalue weighted by Crippen LogP contribution is -2.29. The zero-order chi connectivity index (χ0) is 16.6. The molecule has 6 nitrogen and oxygen atoms in total. The number of anilines is 1. The molecule has 3 rings (SSSR count). The zero-order valence-electron chi connectivity index (χ0n) is 13.0. The molecule has 23 heavy (non-hydrogen) atoms. The number of amides is 2. The summed E-state index contributed by atoms with van der Waals surface area (Å²) in [5.74, 6) is -0.275. The van der Waals surface area contributed by atoms with E-state index >= 15 is 0 Å². The Balaban J connectivity index is 1.66. The second-order valence-electron chi connectivity index (χ2n) is 6.11. The monoisotopic (exact) mass is 348 g/mol. The van der Waals surface area contributed by atoms with E-state index < -0.39 is 0 Å². The van der Waals surface area contributed by atoms with Crippen molar-refractivity contribution < 1.29 is 9.59 Å². The van der Waals surface area contributed by atoms with Gasteiger partial charge in [0.05, 0.1) is 17.0 Å². The van der Waals surface area contributed by atoms with Crippen molar-refractivity contribution in [2.24, 2.45) is 0 Å². The molecule has 2 heterocycles. The van der Waals surface area contributed by atoms with E-state index in [9.17, 15) is 9.59 Å². The molecule has 0 atom stereocenters. The number of benzene rings is 1. The average Bonchev–Trinajstić information content (AvgIpc) is 3.01. The maximum atomic E-state index is 12.3. The molecule has 1 aliphatic heterocycles. The maximum Gasteiger partial charge on any atom is 0.262 e. The number of rotatable bonds is 4. The molecule has 0 spiro atoms. The number of thioether (sulfide) groups is 1. The molecule has 0 fully saturated rings. The van der Waals surface area contributed by atoms with Crippen molar-refractivity contribution in [3.8, 4) is 0 Å². The highest BCUT2D eigenvalue weighted by Gasteiger charge is 2.35. The Hall–Kier alpha value is -1.93. The molecule has 8 heteroatoms. The van der Waals surface area contributed by atoms with Crippen LogP contribution >= 0.6 is 23.1 Å². The van der Waals surface area contributed by atoms with Crippen LogP contribution in [0.2, 0.25) is 0 Å². The predicted octanol–water partition coefficient (Wildman–Crippen LogP) is 3.09. The summed E-state index contributed by atoms with van der Waals surface area (Å²) < 4.78 is 0.716. The third kappa shape index (κ3) is 3.37. The van der Waals surface area contributed by atoms with Gasteiger partial charge in [0.25, 0.3) is 11.8 Å². The number of hydrogen-bond donors (Lipinski definition) is 1. The van der Waals surface area contributed by atoms with E-state index in [4.69, 9.17) is 0 Å². The molecular formula is C15H16N4O2S2. The van der Waals surface area contributed by atoms with Crippen LogP contribution in [-0.4, -0.2) is 38.3 Å². The summed E-state index contributed by atoms with van der Waals surface area (Å²) in [6.07, 6.45) is 0. The summed E-state index contributed by atoms with van der Waals surface area (Å²) in [6, 6.07) is 6.87. The quantitative estimate of drug-likeness (QED) is 0.676. The molecule has 0 saturated heterocycles. The van der Waals surface area contributed by atoms with Crippen LogP contribution in [-0.2, 0) is 0 Å².